The minimum absolute atomic E-state index is 0.189. The van der Waals surface area contributed by atoms with Gasteiger partial charge < -0.3 is 20.7 Å². The number of fused-ring (bicyclic) bond motifs is 1. The monoisotopic (exact) mass is 419 g/mol. The fourth-order valence-electron chi connectivity index (χ4n) is 2.85. The number of ether oxygens (including phenoxy) is 1. The molecule has 0 saturated heterocycles. The van der Waals surface area contributed by atoms with E-state index < -0.39 is 11.9 Å². The molecule has 3 amide bonds. The van der Waals surface area contributed by atoms with Gasteiger partial charge in [-0.25, -0.2) is 0 Å². The number of nitrogens with two attached hydrogens (primary N) is 1. The van der Waals surface area contributed by atoms with Crippen molar-refractivity contribution in [3.63, 3.8) is 0 Å². The minimum atomic E-state index is -0.669. The van der Waals surface area contributed by atoms with Gasteiger partial charge in [0.15, 0.2) is 0 Å². The van der Waals surface area contributed by atoms with Gasteiger partial charge in [-0.2, -0.15) is 11.3 Å². The molecule has 0 saturated carbocycles. The van der Waals surface area contributed by atoms with Crippen molar-refractivity contribution in [2.75, 3.05) is 24.4 Å². The van der Waals surface area contributed by atoms with Gasteiger partial charge in [0, 0.05) is 29.7 Å². The number of amides is 3. The molecule has 9 heteroatoms. The smallest absolute Gasteiger partial charge is 0.250 e. The lowest BCUT2D eigenvalue weighted by molar-refractivity contribution is -0.127. The molecule has 0 aliphatic carbocycles. The van der Waals surface area contributed by atoms with Crippen LogP contribution < -0.4 is 16.0 Å². The normalized spacial score (nSPS) is 16.4. The largest absolute Gasteiger partial charge is 0.384 e. The number of hydrogen-bond acceptors (Lipinski definition) is 6. The Labute approximate surface area is 171 Å². The van der Waals surface area contributed by atoms with Crippen LogP contribution in [0.15, 0.2) is 39.9 Å². The van der Waals surface area contributed by atoms with Gasteiger partial charge >= 0.3 is 0 Å². The number of nitrogens with one attached hydrogen (secondary N) is 1. The maximum atomic E-state index is 13.3. The van der Waals surface area contributed by atoms with Crippen molar-refractivity contribution < 1.29 is 19.1 Å². The van der Waals surface area contributed by atoms with Crippen LogP contribution >= 0.6 is 23.1 Å². The summed E-state index contributed by atoms with van der Waals surface area (Å²) in [6.07, 6.45) is 0.189. The summed E-state index contributed by atoms with van der Waals surface area (Å²) in [7, 11) is 1.52. The van der Waals surface area contributed by atoms with Crippen molar-refractivity contribution >= 4 is 46.5 Å². The van der Waals surface area contributed by atoms with E-state index in [1.807, 2.05) is 16.8 Å². The molecule has 1 aliphatic rings. The van der Waals surface area contributed by atoms with E-state index in [4.69, 9.17) is 10.5 Å². The van der Waals surface area contributed by atoms with E-state index in [0.29, 0.717) is 30.2 Å². The second-order valence-electron chi connectivity index (χ2n) is 6.28. The lowest BCUT2D eigenvalue weighted by atomic mass is 10.1. The van der Waals surface area contributed by atoms with E-state index in [2.05, 4.69) is 5.32 Å². The number of carbonyl (C=O) groups excluding carboxylic acids is 3. The van der Waals surface area contributed by atoms with Crippen LogP contribution in [0.3, 0.4) is 0 Å². The summed E-state index contributed by atoms with van der Waals surface area (Å²) >= 11 is 3.01. The number of benzene rings is 1. The zero-order valence-electron chi connectivity index (χ0n) is 15.3. The number of primary amides is 1. The highest BCUT2D eigenvalue weighted by atomic mass is 32.2. The Morgan fingerprint density at radius 1 is 1.36 bits per heavy atom. The number of hydrogen-bond donors (Lipinski definition) is 2. The first-order chi connectivity index (χ1) is 13.5. The number of methoxy groups -OCH3 is 1. The van der Waals surface area contributed by atoms with Gasteiger partial charge in [-0.3, -0.25) is 14.4 Å². The third-order valence-electron chi connectivity index (χ3n) is 4.29. The molecule has 1 atom stereocenters. The summed E-state index contributed by atoms with van der Waals surface area (Å²) in [6, 6.07) is 6.36. The van der Waals surface area contributed by atoms with E-state index in [1.54, 1.807) is 34.4 Å². The fraction of sp³-hybridized carbons (Fsp3) is 0.316. The first kappa shape index (κ1) is 20.4. The Morgan fingerprint density at radius 2 is 2.18 bits per heavy atom. The van der Waals surface area contributed by atoms with Crippen LogP contribution in [0.2, 0.25) is 0 Å². The Morgan fingerprint density at radius 3 is 2.86 bits per heavy atom. The average molecular weight is 420 g/mol. The molecule has 1 aliphatic heterocycles. The van der Waals surface area contributed by atoms with Gasteiger partial charge in [-0.15, -0.1) is 11.8 Å². The fourth-order valence-corrected chi connectivity index (χ4v) is 4.56. The van der Waals surface area contributed by atoms with Gasteiger partial charge in [0.05, 0.1) is 18.8 Å². The average Bonchev–Trinajstić information content (AvgIpc) is 3.16. The summed E-state index contributed by atoms with van der Waals surface area (Å²) in [5, 5.41) is 6.71. The molecule has 0 bridgehead atoms. The number of thioether (sulfide) groups is 1. The molecule has 28 heavy (non-hydrogen) atoms. The molecule has 0 fully saturated rings. The Kier molecular flexibility index (Phi) is 6.71. The van der Waals surface area contributed by atoms with Crippen molar-refractivity contribution in [1.29, 1.82) is 0 Å². The molecular formula is C19H21N3O4S2. The lowest BCUT2D eigenvalue weighted by Gasteiger charge is -2.26. The number of thiophene rings is 1. The number of rotatable bonds is 7. The molecule has 148 valence electrons. The van der Waals surface area contributed by atoms with Crippen molar-refractivity contribution in [2.24, 2.45) is 5.73 Å². The highest BCUT2D eigenvalue weighted by molar-refractivity contribution is 7.99. The Hall–Kier alpha value is -2.36. The van der Waals surface area contributed by atoms with E-state index in [0.717, 1.165) is 10.5 Å². The van der Waals surface area contributed by atoms with Crippen LogP contribution in [-0.4, -0.2) is 43.2 Å². The van der Waals surface area contributed by atoms with Gasteiger partial charge in [0.1, 0.15) is 6.04 Å². The summed E-state index contributed by atoms with van der Waals surface area (Å²) in [4.78, 5) is 39.5. The highest BCUT2D eigenvalue weighted by Crippen LogP contribution is 2.36. The quantitative estimate of drug-likeness (QED) is 0.715. The highest BCUT2D eigenvalue weighted by Gasteiger charge is 2.32. The summed E-state index contributed by atoms with van der Waals surface area (Å²) in [5.41, 5.74) is 7.37. The van der Waals surface area contributed by atoms with Crippen molar-refractivity contribution in [1.82, 2.24) is 5.32 Å². The van der Waals surface area contributed by atoms with E-state index >= 15 is 0 Å². The standard InChI is InChI=1S/C19H21N3O4S2/c1-26-6-4-17(23)21-14-11-28-16-3-2-13(18(20)24)8-15(16)22(19(14)25)9-12-5-7-27-10-12/h2-3,5,7-8,10,14H,4,6,9,11H2,1H3,(H2,20,24)(H,21,23)/t14-/m0/s1. The molecule has 0 unspecified atom stereocenters. The molecule has 0 radical (unpaired) electrons. The zero-order valence-corrected chi connectivity index (χ0v) is 17.0. The molecule has 2 aromatic rings. The predicted molar refractivity (Wildman–Crippen MR) is 110 cm³/mol. The van der Waals surface area contributed by atoms with E-state index in [9.17, 15) is 14.4 Å². The molecule has 1 aromatic heterocycles. The second-order valence-corrected chi connectivity index (χ2v) is 8.12. The summed E-state index contributed by atoms with van der Waals surface area (Å²) in [6.45, 7) is 0.642. The summed E-state index contributed by atoms with van der Waals surface area (Å²) in [5.74, 6) is -0.602. The number of anilines is 1. The maximum absolute atomic E-state index is 13.3. The van der Waals surface area contributed by atoms with Crippen molar-refractivity contribution in [2.45, 2.75) is 23.9 Å². The van der Waals surface area contributed by atoms with Crippen LogP contribution in [0.5, 0.6) is 0 Å². The third kappa shape index (κ3) is 4.73. The predicted octanol–water partition coefficient (Wildman–Crippen LogP) is 2.01. The van der Waals surface area contributed by atoms with Crippen LogP contribution in [0, 0.1) is 0 Å². The van der Waals surface area contributed by atoms with Crippen LogP contribution in [-0.2, 0) is 20.9 Å². The Balaban J connectivity index is 1.92. The van der Waals surface area contributed by atoms with Crippen LogP contribution in [0.4, 0.5) is 5.69 Å². The van der Waals surface area contributed by atoms with Gasteiger partial charge in [0.2, 0.25) is 11.8 Å². The van der Waals surface area contributed by atoms with Crippen molar-refractivity contribution in [3.05, 3.63) is 46.2 Å². The van der Waals surface area contributed by atoms with Crippen LogP contribution in [0.25, 0.3) is 0 Å². The lowest BCUT2D eigenvalue weighted by Crippen LogP contribution is -2.49. The van der Waals surface area contributed by atoms with E-state index in [-0.39, 0.29) is 18.2 Å². The zero-order chi connectivity index (χ0) is 20.1. The first-order valence-corrected chi connectivity index (χ1v) is 10.6. The molecular weight excluding hydrogens is 398 g/mol. The molecule has 2 heterocycles. The maximum Gasteiger partial charge on any atom is 0.250 e. The van der Waals surface area contributed by atoms with Gasteiger partial charge in [0.25, 0.3) is 5.91 Å². The van der Waals surface area contributed by atoms with Crippen LogP contribution in [0.1, 0.15) is 22.3 Å². The minimum Gasteiger partial charge on any atom is -0.384 e. The van der Waals surface area contributed by atoms with E-state index in [1.165, 1.54) is 18.9 Å². The molecule has 1 aromatic carbocycles. The molecule has 3 rings (SSSR count). The topological polar surface area (TPSA) is 102 Å². The Bertz CT molecular complexity index is 870. The SMILES string of the molecule is COCCC(=O)N[C@H]1CSc2ccc(C(N)=O)cc2N(Cc2ccsc2)C1=O. The van der Waals surface area contributed by atoms with Crippen molar-refractivity contribution in [3.8, 4) is 0 Å². The summed E-state index contributed by atoms with van der Waals surface area (Å²) < 4.78 is 4.93. The third-order valence-corrected chi connectivity index (χ3v) is 6.18. The first-order valence-electron chi connectivity index (χ1n) is 8.67. The second kappa shape index (κ2) is 9.22. The molecule has 0 spiro atoms. The number of carbonyl (C=O) groups is 3. The molecule has 3 N–H and O–H groups in total. The molecule has 7 nitrogen and oxygen atoms in total. The van der Waals surface area contributed by atoms with Gasteiger partial charge in [-0.1, -0.05) is 0 Å². The number of nitrogens with zero attached hydrogens (tertiary/aromatic N) is 1. The van der Waals surface area contributed by atoms with Gasteiger partial charge in [-0.05, 0) is 40.6 Å².